The molecule has 2 N–H and O–H groups in total. The Bertz CT molecular complexity index is 1250. The zero-order valence-electron chi connectivity index (χ0n) is 18.2. The number of pyridine rings is 2. The van der Waals surface area contributed by atoms with Crippen LogP contribution in [-0.4, -0.2) is 57.2 Å². The smallest absolute Gasteiger partial charge is 0.248 e. The number of aromatic nitrogens is 4. The number of hydrogen-bond acceptors (Lipinski definition) is 6. The summed E-state index contributed by atoms with van der Waals surface area (Å²) in [6.45, 7) is 7.81. The summed E-state index contributed by atoms with van der Waals surface area (Å²) in [7, 11) is 0. The van der Waals surface area contributed by atoms with E-state index in [-0.39, 0.29) is 5.56 Å². The van der Waals surface area contributed by atoms with Crippen molar-refractivity contribution in [2.75, 3.05) is 42.9 Å². The predicted octanol–water partition coefficient (Wildman–Crippen LogP) is 3.36. The monoisotopic (exact) mass is 429 g/mol. The van der Waals surface area contributed by atoms with Crippen molar-refractivity contribution in [3.8, 4) is 11.3 Å². The zero-order chi connectivity index (χ0) is 21.9. The molecule has 5 rings (SSSR count). The van der Waals surface area contributed by atoms with Crippen molar-refractivity contribution >= 4 is 22.7 Å². The summed E-state index contributed by atoms with van der Waals surface area (Å²) >= 11 is 0. The molecule has 0 saturated carbocycles. The van der Waals surface area contributed by atoms with Crippen LogP contribution < -0.4 is 15.8 Å². The topological polar surface area (TPSA) is 81.6 Å². The maximum Gasteiger partial charge on any atom is 0.248 e. The predicted molar refractivity (Wildman–Crippen MR) is 128 cm³/mol. The van der Waals surface area contributed by atoms with E-state index in [2.05, 4.69) is 61.4 Å². The lowest BCUT2D eigenvalue weighted by atomic mass is 10.1. The molecule has 8 nitrogen and oxygen atoms in total. The van der Waals surface area contributed by atoms with Crippen molar-refractivity contribution in [1.29, 1.82) is 0 Å². The fourth-order valence-corrected chi connectivity index (χ4v) is 4.29. The van der Waals surface area contributed by atoms with Crippen LogP contribution in [0, 0.1) is 0 Å². The number of rotatable bonds is 6. The Hall–Kier alpha value is -3.65. The molecule has 0 amide bonds. The van der Waals surface area contributed by atoms with E-state index >= 15 is 0 Å². The van der Waals surface area contributed by atoms with Gasteiger partial charge < -0.3 is 15.2 Å². The summed E-state index contributed by atoms with van der Waals surface area (Å²) in [5, 5.41) is 7.82. The van der Waals surface area contributed by atoms with Crippen LogP contribution in [0.5, 0.6) is 0 Å². The molecule has 4 aromatic rings. The fourth-order valence-electron chi connectivity index (χ4n) is 4.29. The molecule has 1 aromatic carbocycles. The first kappa shape index (κ1) is 20.3. The van der Waals surface area contributed by atoms with E-state index in [9.17, 15) is 4.79 Å². The van der Waals surface area contributed by atoms with Gasteiger partial charge in [0.15, 0.2) is 5.65 Å². The van der Waals surface area contributed by atoms with Gasteiger partial charge in [-0.25, -0.2) is 9.50 Å². The van der Waals surface area contributed by atoms with Crippen LogP contribution in [0.4, 0.5) is 17.1 Å². The van der Waals surface area contributed by atoms with Crippen molar-refractivity contribution < 1.29 is 0 Å². The maximum absolute atomic E-state index is 11.7. The number of nitrogens with one attached hydrogen (secondary N) is 2. The Morgan fingerprint density at radius 1 is 1.03 bits per heavy atom. The first-order valence-electron chi connectivity index (χ1n) is 11.1. The average Bonchev–Trinajstić information content (AvgIpc) is 3.31. The first-order chi connectivity index (χ1) is 15.7. The van der Waals surface area contributed by atoms with Crippen molar-refractivity contribution in [2.45, 2.75) is 13.3 Å². The van der Waals surface area contributed by atoms with Gasteiger partial charge in [0.05, 0.1) is 11.4 Å². The van der Waals surface area contributed by atoms with Gasteiger partial charge in [0.25, 0.3) is 0 Å². The summed E-state index contributed by atoms with van der Waals surface area (Å²) in [5.41, 5.74) is 5.27. The van der Waals surface area contributed by atoms with Gasteiger partial charge >= 0.3 is 0 Å². The highest BCUT2D eigenvalue weighted by atomic mass is 16.1. The van der Waals surface area contributed by atoms with Gasteiger partial charge in [-0.3, -0.25) is 9.69 Å². The van der Waals surface area contributed by atoms with E-state index in [1.165, 1.54) is 25.0 Å². The highest BCUT2D eigenvalue weighted by molar-refractivity contribution is 5.77. The van der Waals surface area contributed by atoms with Crippen molar-refractivity contribution in [2.24, 2.45) is 0 Å². The third-order valence-corrected chi connectivity index (χ3v) is 5.92. The molecule has 4 heterocycles. The quantitative estimate of drug-likeness (QED) is 0.489. The molecule has 1 fully saturated rings. The molecule has 0 aliphatic carbocycles. The molecule has 0 spiro atoms. The first-order valence-corrected chi connectivity index (χ1v) is 11.1. The molecule has 0 bridgehead atoms. The van der Waals surface area contributed by atoms with Gasteiger partial charge in [-0.05, 0) is 55.4 Å². The van der Waals surface area contributed by atoms with Crippen molar-refractivity contribution in [3.63, 3.8) is 0 Å². The maximum atomic E-state index is 11.7. The van der Waals surface area contributed by atoms with E-state index in [0.717, 1.165) is 48.8 Å². The standard InChI is InChI=1S/C24H27N7O/c1-2-11-29-12-14-30(15-13-29)20-5-3-19(4-6-20)28-21-7-8-22(31-24(21)26-17-27-31)18-9-10-25-23(32)16-18/h3-10,16-17,28H,2,11-15H2,1H3,(H,25,32). The Morgan fingerprint density at radius 3 is 2.59 bits per heavy atom. The van der Waals surface area contributed by atoms with Crippen LogP contribution in [0.15, 0.2) is 65.8 Å². The second-order valence-electron chi connectivity index (χ2n) is 8.07. The van der Waals surface area contributed by atoms with Crippen LogP contribution >= 0.6 is 0 Å². The normalized spacial score (nSPS) is 14.7. The number of hydrogen-bond donors (Lipinski definition) is 2. The number of benzene rings is 1. The number of H-pyrrole nitrogens is 1. The van der Waals surface area contributed by atoms with Crippen LogP contribution in [0.3, 0.4) is 0 Å². The Labute approximate surface area is 186 Å². The van der Waals surface area contributed by atoms with Gasteiger partial charge in [0, 0.05) is 55.4 Å². The van der Waals surface area contributed by atoms with Crippen molar-refractivity contribution in [3.05, 3.63) is 71.4 Å². The summed E-state index contributed by atoms with van der Waals surface area (Å²) < 4.78 is 1.75. The Morgan fingerprint density at radius 2 is 1.84 bits per heavy atom. The number of nitrogens with zero attached hydrogens (tertiary/aromatic N) is 5. The van der Waals surface area contributed by atoms with Gasteiger partial charge in [-0.15, -0.1) is 0 Å². The molecule has 1 saturated heterocycles. The molecule has 0 unspecified atom stereocenters. The lowest BCUT2D eigenvalue weighted by Crippen LogP contribution is -2.46. The molecule has 0 atom stereocenters. The minimum absolute atomic E-state index is 0.148. The molecule has 0 radical (unpaired) electrons. The molecule has 3 aromatic heterocycles. The summed E-state index contributed by atoms with van der Waals surface area (Å²) in [4.78, 5) is 23.8. The van der Waals surface area contributed by atoms with Crippen LogP contribution in [0.2, 0.25) is 0 Å². The number of anilines is 3. The van der Waals surface area contributed by atoms with Gasteiger partial charge in [0.1, 0.15) is 6.33 Å². The third-order valence-electron chi connectivity index (χ3n) is 5.92. The largest absolute Gasteiger partial charge is 0.369 e. The van der Waals surface area contributed by atoms with Crippen LogP contribution in [-0.2, 0) is 0 Å². The number of piperazine rings is 1. The second-order valence-corrected chi connectivity index (χ2v) is 8.07. The Kier molecular flexibility index (Phi) is 5.60. The van der Waals surface area contributed by atoms with Crippen LogP contribution in [0.1, 0.15) is 13.3 Å². The molecule has 1 aliphatic heterocycles. The summed E-state index contributed by atoms with van der Waals surface area (Å²) in [6, 6.07) is 15.9. The zero-order valence-corrected chi connectivity index (χ0v) is 18.2. The van der Waals surface area contributed by atoms with Gasteiger partial charge in [-0.2, -0.15) is 5.10 Å². The molecule has 8 heteroatoms. The Balaban J connectivity index is 1.34. The van der Waals surface area contributed by atoms with Gasteiger partial charge in [-0.1, -0.05) is 6.92 Å². The van der Waals surface area contributed by atoms with Gasteiger partial charge in [0.2, 0.25) is 5.56 Å². The molecular weight excluding hydrogens is 402 g/mol. The molecule has 1 aliphatic rings. The average molecular weight is 430 g/mol. The summed E-state index contributed by atoms with van der Waals surface area (Å²) in [5.74, 6) is 0. The highest BCUT2D eigenvalue weighted by Crippen LogP contribution is 2.27. The summed E-state index contributed by atoms with van der Waals surface area (Å²) in [6.07, 6.45) is 4.38. The number of fused-ring (bicyclic) bond motifs is 1. The molecule has 164 valence electrons. The fraction of sp³-hybridized carbons (Fsp3) is 0.292. The lowest BCUT2D eigenvalue weighted by Gasteiger charge is -2.36. The molecule has 32 heavy (non-hydrogen) atoms. The van der Waals surface area contributed by atoms with E-state index < -0.39 is 0 Å². The van der Waals surface area contributed by atoms with E-state index in [1.807, 2.05) is 18.2 Å². The van der Waals surface area contributed by atoms with Crippen molar-refractivity contribution in [1.82, 2.24) is 24.5 Å². The van der Waals surface area contributed by atoms with E-state index in [0.29, 0.717) is 5.65 Å². The second kappa shape index (κ2) is 8.84. The molecular formula is C24H27N7O. The highest BCUT2D eigenvalue weighted by Gasteiger charge is 2.16. The lowest BCUT2D eigenvalue weighted by molar-refractivity contribution is 0.258. The third kappa shape index (κ3) is 4.09. The minimum atomic E-state index is -0.148. The van der Waals surface area contributed by atoms with E-state index in [4.69, 9.17) is 0 Å². The van der Waals surface area contributed by atoms with Crippen LogP contribution in [0.25, 0.3) is 16.9 Å². The number of aromatic amines is 1. The SMILES string of the molecule is CCCN1CCN(c2ccc(Nc3ccc(-c4cc[nH]c(=O)c4)n4ncnc34)cc2)CC1. The minimum Gasteiger partial charge on any atom is -0.369 e. The van der Waals surface area contributed by atoms with E-state index in [1.54, 1.807) is 16.8 Å².